The van der Waals surface area contributed by atoms with Crippen molar-refractivity contribution >= 4 is 11.9 Å². The fourth-order valence-corrected chi connectivity index (χ4v) is 1.87. The Bertz CT molecular complexity index is 274. The predicted octanol–water partition coefficient (Wildman–Crippen LogP) is 3.73. The number of esters is 2. The highest BCUT2D eigenvalue weighted by Crippen LogP contribution is 2.13. The predicted molar refractivity (Wildman–Crippen MR) is 79.3 cm³/mol. The van der Waals surface area contributed by atoms with Gasteiger partial charge in [-0.3, -0.25) is 0 Å². The van der Waals surface area contributed by atoms with Gasteiger partial charge in [0.25, 0.3) is 0 Å². The van der Waals surface area contributed by atoms with Crippen LogP contribution in [-0.2, 0) is 19.1 Å². The molecule has 4 nitrogen and oxygen atoms in total. The molecule has 4 heteroatoms. The van der Waals surface area contributed by atoms with Crippen LogP contribution in [0.1, 0.15) is 66.2 Å². The van der Waals surface area contributed by atoms with E-state index in [0.29, 0.717) is 25.0 Å². The Labute approximate surface area is 123 Å². The summed E-state index contributed by atoms with van der Waals surface area (Å²) in [5, 5.41) is 0. The first-order valence-corrected chi connectivity index (χ1v) is 7.85. The zero-order valence-electron chi connectivity index (χ0n) is 13.4. The van der Waals surface area contributed by atoms with E-state index in [1.54, 1.807) is 0 Å². The lowest BCUT2D eigenvalue weighted by Crippen LogP contribution is -2.23. The Morgan fingerprint density at radius 1 is 0.950 bits per heavy atom. The van der Waals surface area contributed by atoms with Crippen molar-refractivity contribution in [2.75, 3.05) is 13.2 Å². The summed E-state index contributed by atoms with van der Waals surface area (Å²) in [7, 11) is 0. The Balaban J connectivity index is 3.80. The van der Waals surface area contributed by atoms with Crippen molar-refractivity contribution in [1.82, 2.24) is 0 Å². The van der Waals surface area contributed by atoms with Gasteiger partial charge in [-0.05, 0) is 31.1 Å². The fraction of sp³-hybridized carbons (Fsp3) is 0.875. The van der Waals surface area contributed by atoms with E-state index < -0.39 is 11.9 Å². The van der Waals surface area contributed by atoms with E-state index in [9.17, 15) is 9.59 Å². The third-order valence-electron chi connectivity index (χ3n) is 3.32. The molecule has 0 aromatic rings. The monoisotopic (exact) mass is 286 g/mol. The zero-order chi connectivity index (χ0) is 15.4. The standard InChI is InChI=1S/C16H30O4/c1-5-7-10-14(6-2)12-20-16(18)15(17)19-11-8-9-13(3)4/h13-14H,5-12H2,1-4H3. The fourth-order valence-electron chi connectivity index (χ4n) is 1.87. The highest BCUT2D eigenvalue weighted by Gasteiger charge is 2.19. The van der Waals surface area contributed by atoms with Crippen LogP contribution < -0.4 is 0 Å². The maximum Gasteiger partial charge on any atom is 0.417 e. The van der Waals surface area contributed by atoms with E-state index in [0.717, 1.165) is 38.5 Å². The molecule has 118 valence electrons. The summed E-state index contributed by atoms with van der Waals surface area (Å²) in [5.41, 5.74) is 0. The van der Waals surface area contributed by atoms with Gasteiger partial charge in [-0.2, -0.15) is 0 Å². The minimum Gasteiger partial charge on any atom is -0.457 e. The topological polar surface area (TPSA) is 52.6 Å². The second-order valence-corrected chi connectivity index (χ2v) is 5.69. The van der Waals surface area contributed by atoms with Gasteiger partial charge in [-0.15, -0.1) is 0 Å². The van der Waals surface area contributed by atoms with E-state index in [1.807, 2.05) is 0 Å². The van der Waals surface area contributed by atoms with Gasteiger partial charge in [0.2, 0.25) is 0 Å². The molecule has 0 amide bonds. The molecular formula is C16H30O4. The van der Waals surface area contributed by atoms with Crippen LogP contribution in [0.15, 0.2) is 0 Å². The Kier molecular flexibility index (Phi) is 11.1. The minimum absolute atomic E-state index is 0.291. The molecule has 0 spiro atoms. The van der Waals surface area contributed by atoms with Crippen LogP contribution in [0.3, 0.4) is 0 Å². The molecule has 0 radical (unpaired) electrons. The van der Waals surface area contributed by atoms with Crippen LogP contribution in [0.25, 0.3) is 0 Å². The molecule has 0 fully saturated rings. The highest BCUT2D eigenvalue weighted by molar-refractivity contribution is 6.29. The molecule has 0 bridgehead atoms. The molecule has 0 aliphatic carbocycles. The molecular weight excluding hydrogens is 256 g/mol. The lowest BCUT2D eigenvalue weighted by molar-refractivity contribution is -0.168. The van der Waals surface area contributed by atoms with Gasteiger partial charge in [0, 0.05) is 0 Å². The van der Waals surface area contributed by atoms with Crippen LogP contribution in [0.4, 0.5) is 0 Å². The molecule has 1 atom stereocenters. The summed E-state index contributed by atoms with van der Waals surface area (Å²) >= 11 is 0. The molecule has 0 rings (SSSR count). The molecule has 1 unspecified atom stereocenters. The van der Waals surface area contributed by atoms with Crippen LogP contribution >= 0.6 is 0 Å². The van der Waals surface area contributed by atoms with Crippen molar-refractivity contribution in [2.24, 2.45) is 11.8 Å². The second-order valence-electron chi connectivity index (χ2n) is 5.69. The first kappa shape index (κ1) is 18.9. The number of ether oxygens (including phenoxy) is 2. The molecule has 0 N–H and O–H groups in total. The SMILES string of the molecule is CCCCC(CC)COC(=O)C(=O)OCCCC(C)C. The molecule has 0 aromatic carbocycles. The first-order chi connectivity index (χ1) is 9.51. The van der Waals surface area contributed by atoms with Gasteiger partial charge in [0.1, 0.15) is 0 Å². The summed E-state index contributed by atoms with van der Waals surface area (Å²) in [6, 6.07) is 0. The van der Waals surface area contributed by atoms with E-state index in [2.05, 4.69) is 27.7 Å². The third-order valence-corrected chi connectivity index (χ3v) is 3.32. The molecule has 0 aromatic heterocycles. The van der Waals surface area contributed by atoms with Gasteiger partial charge in [-0.25, -0.2) is 9.59 Å². The summed E-state index contributed by atoms with van der Waals surface area (Å²) in [6.07, 6.45) is 6.00. The largest absolute Gasteiger partial charge is 0.457 e. The summed E-state index contributed by atoms with van der Waals surface area (Å²) in [6.45, 7) is 9.02. The van der Waals surface area contributed by atoms with Gasteiger partial charge in [0.15, 0.2) is 0 Å². The zero-order valence-corrected chi connectivity index (χ0v) is 13.4. The lowest BCUT2D eigenvalue weighted by atomic mass is 10.0. The average Bonchev–Trinajstić information content (AvgIpc) is 2.43. The van der Waals surface area contributed by atoms with Gasteiger partial charge >= 0.3 is 11.9 Å². The van der Waals surface area contributed by atoms with E-state index in [4.69, 9.17) is 9.47 Å². The highest BCUT2D eigenvalue weighted by atomic mass is 16.6. The summed E-state index contributed by atoms with van der Waals surface area (Å²) in [4.78, 5) is 22.9. The number of carbonyl (C=O) groups excluding carboxylic acids is 2. The number of unbranched alkanes of at least 4 members (excludes halogenated alkanes) is 1. The van der Waals surface area contributed by atoms with E-state index in [-0.39, 0.29) is 0 Å². The smallest absolute Gasteiger partial charge is 0.417 e. The normalized spacial score (nSPS) is 12.2. The quantitative estimate of drug-likeness (QED) is 0.349. The maximum absolute atomic E-state index is 11.5. The van der Waals surface area contributed by atoms with Gasteiger partial charge in [0.05, 0.1) is 13.2 Å². The second kappa shape index (κ2) is 11.7. The van der Waals surface area contributed by atoms with Crippen molar-refractivity contribution in [3.8, 4) is 0 Å². The van der Waals surface area contributed by atoms with Gasteiger partial charge < -0.3 is 9.47 Å². The van der Waals surface area contributed by atoms with Crippen molar-refractivity contribution in [1.29, 1.82) is 0 Å². The van der Waals surface area contributed by atoms with Crippen molar-refractivity contribution in [3.63, 3.8) is 0 Å². The molecule has 0 heterocycles. The number of rotatable bonds is 10. The van der Waals surface area contributed by atoms with E-state index in [1.165, 1.54) is 0 Å². The summed E-state index contributed by atoms with van der Waals surface area (Å²) < 4.78 is 9.91. The molecule has 0 saturated heterocycles. The maximum atomic E-state index is 11.5. The molecule has 0 aliphatic heterocycles. The first-order valence-electron chi connectivity index (χ1n) is 7.85. The Morgan fingerprint density at radius 2 is 1.60 bits per heavy atom. The Hall–Kier alpha value is -1.06. The molecule has 0 aliphatic rings. The van der Waals surface area contributed by atoms with E-state index >= 15 is 0 Å². The minimum atomic E-state index is -0.862. The van der Waals surface area contributed by atoms with Crippen LogP contribution in [0, 0.1) is 11.8 Å². The third kappa shape index (κ3) is 9.82. The van der Waals surface area contributed by atoms with Crippen molar-refractivity contribution in [3.05, 3.63) is 0 Å². The molecule has 0 saturated carbocycles. The number of hydrogen-bond donors (Lipinski definition) is 0. The lowest BCUT2D eigenvalue weighted by Gasteiger charge is -2.14. The number of hydrogen-bond acceptors (Lipinski definition) is 4. The van der Waals surface area contributed by atoms with Gasteiger partial charge in [-0.1, -0.05) is 47.0 Å². The number of carbonyl (C=O) groups is 2. The van der Waals surface area contributed by atoms with Crippen molar-refractivity contribution < 1.29 is 19.1 Å². The van der Waals surface area contributed by atoms with Crippen molar-refractivity contribution in [2.45, 2.75) is 66.2 Å². The molecule has 20 heavy (non-hydrogen) atoms. The van der Waals surface area contributed by atoms with Crippen LogP contribution in [0.2, 0.25) is 0 Å². The van der Waals surface area contributed by atoms with Crippen LogP contribution in [0.5, 0.6) is 0 Å². The Morgan fingerprint density at radius 3 is 2.15 bits per heavy atom. The average molecular weight is 286 g/mol. The van der Waals surface area contributed by atoms with Crippen LogP contribution in [-0.4, -0.2) is 25.2 Å². The summed E-state index contributed by atoms with van der Waals surface area (Å²) in [5.74, 6) is -0.805.